The van der Waals surface area contributed by atoms with Gasteiger partial charge in [-0.1, -0.05) is 42.5 Å². The summed E-state index contributed by atoms with van der Waals surface area (Å²) in [7, 11) is -1.53. The molecule has 0 heterocycles. The first-order valence-electron chi connectivity index (χ1n) is 8.77. The van der Waals surface area contributed by atoms with Crippen molar-refractivity contribution in [3.05, 3.63) is 77.4 Å². The molecule has 1 N–H and O–H groups in total. The van der Waals surface area contributed by atoms with Gasteiger partial charge >= 0.3 is 11.9 Å². The van der Waals surface area contributed by atoms with Gasteiger partial charge in [0.25, 0.3) is 0 Å². The normalized spacial score (nSPS) is 12.0. The van der Waals surface area contributed by atoms with Crippen molar-refractivity contribution < 1.29 is 27.9 Å². The van der Waals surface area contributed by atoms with Crippen LogP contribution in [0.1, 0.15) is 11.1 Å². The van der Waals surface area contributed by atoms with Gasteiger partial charge in [0.2, 0.25) is 0 Å². The van der Waals surface area contributed by atoms with E-state index < -0.39 is 21.8 Å². The van der Waals surface area contributed by atoms with Crippen molar-refractivity contribution in [3.8, 4) is 0 Å². The number of carbonyl (C=O) groups is 2. The topological polar surface area (TPSA) is 101 Å². The molecule has 0 aromatic heterocycles. The van der Waals surface area contributed by atoms with Crippen molar-refractivity contribution in [2.45, 2.75) is 18.0 Å². The predicted molar refractivity (Wildman–Crippen MR) is 108 cm³/mol. The predicted octanol–water partition coefficient (Wildman–Crippen LogP) is 2.28. The smallest absolute Gasteiger partial charge is 0.335 e. The largest absolute Gasteiger partial charge is 0.478 e. The molecule has 0 amide bonds. The Labute approximate surface area is 170 Å². The fourth-order valence-electron chi connectivity index (χ4n) is 2.63. The zero-order valence-corrected chi connectivity index (χ0v) is 17.1. The van der Waals surface area contributed by atoms with Crippen LogP contribution < -0.4 is 0 Å². The van der Waals surface area contributed by atoms with E-state index in [0.717, 1.165) is 17.9 Å². The van der Waals surface area contributed by atoms with Crippen LogP contribution in [0.5, 0.6) is 0 Å². The molecule has 0 fully saturated rings. The Morgan fingerprint density at radius 2 is 1.66 bits per heavy atom. The first-order valence-corrected chi connectivity index (χ1v) is 10.7. The highest BCUT2D eigenvalue weighted by Gasteiger charge is 2.16. The van der Waals surface area contributed by atoms with Gasteiger partial charge in [-0.15, -0.1) is 0 Å². The van der Waals surface area contributed by atoms with Crippen LogP contribution in [-0.4, -0.2) is 50.2 Å². The lowest BCUT2D eigenvalue weighted by atomic mass is 10.2. The highest BCUT2D eigenvalue weighted by Crippen LogP contribution is 2.13. The van der Waals surface area contributed by atoms with Gasteiger partial charge in [-0.3, -0.25) is 4.90 Å². The van der Waals surface area contributed by atoms with Crippen LogP contribution in [0.2, 0.25) is 0 Å². The molecule has 0 atom stereocenters. The van der Waals surface area contributed by atoms with Crippen molar-refractivity contribution in [1.82, 2.24) is 4.90 Å². The van der Waals surface area contributed by atoms with Crippen LogP contribution in [0.3, 0.4) is 0 Å². The Hall–Kier alpha value is -2.97. The second-order valence-electron chi connectivity index (χ2n) is 6.66. The van der Waals surface area contributed by atoms with E-state index in [-0.39, 0.29) is 23.6 Å². The lowest BCUT2D eigenvalue weighted by Gasteiger charge is -2.18. The summed E-state index contributed by atoms with van der Waals surface area (Å²) in [5.41, 5.74) is 1.64. The molecular formula is C21H23NO6S. The number of benzene rings is 2. The number of rotatable bonds is 9. The number of nitrogens with zero attached hydrogens (tertiary/aromatic N) is 1. The van der Waals surface area contributed by atoms with Crippen LogP contribution in [0, 0.1) is 0 Å². The zero-order valence-electron chi connectivity index (χ0n) is 16.2. The highest BCUT2D eigenvalue weighted by molar-refractivity contribution is 7.90. The van der Waals surface area contributed by atoms with E-state index in [4.69, 9.17) is 9.84 Å². The van der Waals surface area contributed by atoms with Crippen molar-refractivity contribution >= 4 is 21.8 Å². The van der Waals surface area contributed by atoms with E-state index in [1.807, 2.05) is 35.2 Å². The minimum atomic E-state index is -3.30. The Balaban J connectivity index is 2.00. The third-order valence-corrected chi connectivity index (χ3v) is 5.15. The van der Waals surface area contributed by atoms with Gasteiger partial charge in [-0.2, -0.15) is 0 Å². The summed E-state index contributed by atoms with van der Waals surface area (Å²) in [5.74, 6) is -1.97. The van der Waals surface area contributed by atoms with Crippen molar-refractivity contribution in [2.24, 2.45) is 0 Å². The number of ether oxygens (including phenoxy) is 1. The fraction of sp³-hybridized carbons (Fsp3) is 0.238. The lowest BCUT2D eigenvalue weighted by molar-refractivity contribution is -0.141. The van der Waals surface area contributed by atoms with Crippen LogP contribution in [-0.2, 0) is 37.3 Å². The Kier molecular flexibility index (Phi) is 7.69. The number of sulfone groups is 1. The summed E-state index contributed by atoms with van der Waals surface area (Å²) < 4.78 is 28.2. The number of hydrogen-bond donors (Lipinski definition) is 1. The molecule has 8 heteroatoms. The number of hydrogen-bond acceptors (Lipinski definition) is 6. The second-order valence-corrected chi connectivity index (χ2v) is 8.67. The number of carboxylic acids is 1. The summed E-state index contributed by atoms with van der Waals surface area (Å²) in [6, 6.07) is 15.5. The molecule has 154 valence electrons. The quantitative estimate of drug-likeness (QED) is 0.493. The minimum absolute atomic E-state index is 0.0173. The number of aliphatic carboxylic acids is 1. The molecular weight excluding hydrogens is 394 g/mol. The van der Waals surface area contributed by atoms with Crippen LogP contribution in [0.15, 0.2) is 71.1 Å². The Morgan fingerprint density at radius 3 is 2.21 bits per heavy atom. The number of carboxylic acid groups (broad SMARTS) is 1. The molecule has 0 radical (unpaired) electrons. The molecule has 0 aliphatic heterocycles. The minimum Gasteiger partial charge on any atom is -0.478 e. The maximum Gasteiger partial charge on any atom is 0.335 e. The molecule has 29 heavy (non-hydrogen) atoms. The third kappa shape index (κ3) is 7.52. The standard InChI is InChI=1S/C21H23NO6S/c1-22(13-16-6-4-3-5-7-16)14-18(12-20(23)24)21(25)28-15-17-8-10-19(11-9-17)29(2,26)27/h3-12H,13-15H2,1-2H3,(H,23,24)/b18-12-. The monoisotopic (exact) mass is 417 g/mol. The van der Waals surface area contributed by atoms with Crippen molar-refractivity contribution in [2.75, 3.05) is 19.8 Å². The number of esters is 1. The van der Waals surface area contributed by atoms with E-state index in [1.165, 1.54) is 12.1 Å². The van der Waals surface area contributed by atoms with Crippen LogP contribution in [0.4, 0.5) is 0 Å². The average molecular weight is 417 g/mol. The van der Waals surface area contributed by atoms with E-state index in [9.17, 15) is 18.0 Å². The van der Waals surface area contributed by atoms with Gasteiger partial charge in [-0.25, -0.2) is 18.0 Å². The fourth-order valence-corrected chi connectivity index (χ4v) is 3.26. The third-order valence-electron chi connectivity index (χ3n) is 4.02. The van der Waals surface area contributed by atoms with Gasteiger partial charge < -0.3 is 9.84 Å². The maximum atomic E-state index is 12.4. The molecule has 2 aromatic carbocycles. The van der Waals surface area contributed by atoms with E-state index in [2.05, 4.69) is 0 Å². The molecule has 0 saturated heterocycles. The summed E-state index contributed by atoms with van der Waals surface area (Å²) in [6.45, 7) is 0.549. The molecule has 0 bridgehead atoms. The highest BCUT2D eigenvalue weighted by atomic mass is 32.2. The summed E-state index contributed by atoms with van der Waals surface area (Å²) in [4.78, 5) is 25.5. The summed E-state index contributed by atoms with van der Waals surface area (Å²) >= 11 is 0. The van der Waals surface area contributed by atoms with Gasteiger partial charge in [0.05, 0.1) is 10.5 Å². The zero-order chi connectivity index (χ0) is 21.4. The molecule has 0 aliphatic carbocycles. The van der Waals surface area contributed by atoms with Crippen LogP contribution in [0.25, 0.3) is 0 Å². The lowest BCUT2D eigenvalue weighted by Crippen LogP contribution is -2.25. The molecule has 0 saturated carbocycles. The first-order chi connectivity index (χ1) is 13.6. The van der Waals surface area contributed by atoms with E-state index >= 15 is 0 Å². The molecule has 2 rings (SSSR count). The second kappa shape index (κ2) is 9.99. The van der Waals surface area contributed by atoms with Crippen molar-refractivity contribution in [1.29, 1.82) is 0 Å². The Morgan fingerprint density at radius 1 is 1.03 bits per heavy atom. The summed E-state index contributed by atoms with van der Waals surface area (Å²) in [6.07, 6.45) is 1.95. The molecule has 7 nitrogen and oxygen atoms in total. The number of likely N-dealkylation sites (N-methyl/N-ethyl adjacent to an activating group) is 1. The maximum absolute atomic E-state index is 12.4. The molecule has 2 aromatic rings. The van der Waals surface area contributed by atoms with Crippen LogP contribution >= 0.6 is 0 Å². The molecule has 0 aliphatic rings. The van der Waals surface area contributed by atoms with Gasteiger partial charge in [0.1, 0.15) is 6.61 Å². The van der Waals surface area contributed by atoms with Gasteiger partial charge in [0.15, 0.2) is 9.84 Å². The van der Waals surface area contributed by atoms with Gasteiger partial charge in [-0.05, 0) is 30.3 Å². The van der Waals surface area contributed by atoms with Gasteiger partial charge in [0, 0.05) is 25.4 Å². The molecule has 0 spiro atoms. The van der Waals surface area contributed by atoms with E-state index in [0.29, 0.717) is 12.1 Å². The first kappa shape index (κ1) is 22.3. The number of carbonyl (C=O) groups excluding carboxylic acids is 1. The SMILES string of the molecule is CN(C/C(=C/C(=O)O)C(=O)OCc1ccc(S(C)(=O)=O)cc1)Cc1ccccc1. The van der Waals surface area contributed by atoms with Crippen molar-refractivity contribution in [3.63, 3.8) is 0 Å². The van der Waals surface area contributed by atoms with E-state index in [1.54, 1.807) is 19.2 Å². The Bertz CT molecular complexity index is 982. The average Bonchev–Trinajstić information content (AvgIpc) is 2.65. The summed E-state index contributed by atoms with van der Waals surface area (Å²) in [5, 5.41) is 9.07. The molecule has 0 unspecified atom stereocenters.